The van der Waals surface area contributed by atoms with Crippen LogP contribution in [-0.2, 0) is 16.4 Å². The first kappa shape index (κ1) is 17.4. The molecule has 0 amide bonds. The van der Waals surface area contributed by atoms with Crippen molar-refractivity contribution in [2.45, 2.75) is 18.2 Å². The fourth-order valence-electron chi connectivity index (χ4n) is 2.90. The number of rotatable bonds is 4. The van der Waals surface area contributed by atoms with Gasteiger partial charge in [-0.2, -0.15) is 4.98 Å². The van der Waals surface area contributed by atoms with Gasteiger partial charge in [0, 0.05) is 29.7 Å². The molecule has 0 fully saturated rings. The highest BCUT2D eigenvalue weighted by atomic mass is 32.2. The molecule has 8 heteroatoms. The summed E-state index contributed by atoms with van der Waals surface area (Å²) in [5, 5.41) is 6.36. The largest absolute Gasteiger partial charge is 0.340 e. The number of fused-ring (bicyclic) bond motifs is 1. The van der Waals surface area contributed by atoms with Crippen molar-refractivity contribution < 1.29 is 8.42 Å². The van der Waals surface area contributed by atoms with E-state index in [-0.39, 0.29) is 0 Å². The van der Waals surface area contributed by atoms with E-state index in [2.05, 4.69) is 25.3 Å². The zero-order valence-electron chi connectivity index (χ0n) is 14.7. The van der Waals surface area contributed by atoms with Crippen molar-refractivity contribution in [2.75, 3.05) is 17.2 Å². The molecule has 0 spiro atoms. The molecule has 4 rings (SSSR count). The molecular weight excluding hydrogens is 362 g/mol. The maximum absolute atomic E-state index is 12.2. The fraction of sp³-hybridized carbons (Fsp3) is 0.158. The highest BCUT2D eigenvalue weighted by molar-refractivity contribution is 7.89. The SMILES string of the molecule is Cc1cnc(Nc2ccccc2)nc1Nc1ccc2c(c1)S(=O)(=O)NCC2. The highest BCUT2D eigenvalue weighted by Crippen LogP contribution is 2.27. The molecule has 1 aromatic heterocycles. The van der Waals surface area contributed by atoms with Crippen molar-refractivity contribution in [3.63, 3.8) is 0 Å². The topological polar surface area (TPSA) is 96.0 Å². The third-order valence-electron chi connectivity index (χ3n) is 4.31. The van der Waals surface area contributed by atoms with Crippen molar-refractivity contribution in [3.05, 3.63) is 65.9 Å². The Morgan fingerprint density at radius 2 is 1.85 bits per heavy atom. The van der Waals surface area contributed by atoms with Crippen LogP contribution in [0, 0.1) is 6.92 Å². The first-order valence-electron chi connectivity index (χ1n) is 8.57. The molecule has 1 aliphatic heterocycles. The van der Waals surface area contributed by atoms with Gasteiger partial charge in [-0.3, -0.25) is 0 Å². The predicted molar refractivity (Wildman–Crippen MR) is 105 cm³/mol. The highest BCUT2D eigenvalue weighted by Gasteiger charge is 2.23. The van der Waals surface area contributed by atoms with Gasteiger partial charge in [-0.05, 0) is 43.2 Å². The molecular formula is C19H19N5O2S. The summed E-state index contributed by atoms with van der Waals surface area (Å²) in [4.78, 5) is 9.13. The number of nitrogens with one attached hydrogen (secondary N) is 3. The van der Waals surface area contributed by atoms with Crippen LogP contribution >= 0.6 is 0 Å². The number of aryl methyl sites for hydroxylation is 1. The van der Waals surface area contributed by atoms with Crippen LogP contribution in [0.15, 0.2) is 59.6 Å². The summed E-state index contributed by atoms with van der Waals surface area (Å²) < 4.78 is 27.0. The van der Waals surface area contributed by atoms with E-state index in [0.717, 1.165) is 16.8 Å². The van der Waals surface area contributed by atoms with E-state index in [0.29, 0.717) is 35.3 Å². The van der Waals surface area contributed by atoms with E-state index < -0.39 is 10.0 Å². The Bertz CT molecular complexity index is 1080. The minimum atomic E-state index is -3.45. The minimum absolute atomic E-state index is 0.313. The van der Waals surface area contributed by atoms with Gasteiger partial charge in [0.2, 0.25) is 16.0 Å². The molecule has 138 valence electrons. The van der Waals surface area contributed by atoms with Crippen molar-refractivity contribution in [2.24, 2.45) is 0 Å². The van der Waals surface area contributed by atoms with Crippen molar-refractivity contribution in [1.29, 1.82) is 0 Å². The lowest BCUT2D eigenvalue weighted by atomic mass is 10.1. The van der Waals surface area contributed by atoms with E-state index in [1.807, 2.05) is 49.4 Å². The van der Waals surface area contributed by atoms with Gasteiger partial charge >= 0.3 is 0 Å². The molecule has 3 aromatic rings. The van der Waals surface area contributed by atoms with Gasteiger partial charge in [-0.1, -0.05) is 24.3 Å². The Kier molecular flexibility index (Phi) is 4.51. The van der Waals surface area contributed by atoms with Crippen LogP contribution in [-0.4, -0.2) is 24.9 Å². The van der Waals surface area contributed by atoms with Crippen LogP contribution in [0.25, 0.3) is 0 Å². The van der Waals surface area contributed by atoms with Gasteiger partial charge in [-0.25, -0.2) is 18.1 Å². The maximum Gasteiger partial charge on any atom is 0.240 e. The zero-order chi connectivity index (χ0) is 18.9. The Hall–Kier alpha value is -2.97. The summed E-state index contributed by atoms with van der Waals surface area (Å²) in [7, 11) is -3.45. The molecule has 2 aromatic carbocycles. The second-order valence-electron chi connectivity index (χ2n) is 6.31. The average molecular weight is 381 g/mol. The van der Waals surface area contributed by atoms with Crippen LogP contribution in [0.4, 0.5) is 23.1 Å². The van der Waals surface area contributed by atoms with E-state index in [1.165, 1.54) is 0 Å². The predicted octanol–water partition coefficient (Wildman–Crippen LogP) is 3.11. The van der Waals surface area contributed by atoms with Crippen LogP contribution in [0.3, 0.4) is 0 Å². The van der Waals surface area contributed by atoms with Gasteiger partial charge < -0.3 is 10.6 Å². The average Bonchev–Trinajstić information content (AvgIpc) is 2.66. The first-order chi connectivity index (χ1) is 13.0. The lowest BCUT2D eigenvalue weighted by molar-refractivity contribution is 0.573. The zero-order valence-corrected chi connectivity index (χ0v) is 15.5. The molecule has 3 N–H and O–H groups in total. The molecule has 0 bridgehead atoms. The molecule has 0 radical (unpaired) electrons. The standard InChI is InChI=1S/C19H19N5O2S/c1-13-12-20-19(23-15-5-3-2-4-6-15)24-18(13)22-16-8-7-14-9-10-21-27(25,26)17(14)11-16/h2-8,11-12,21H,9-10H2,1H3,(H2,20,22,23,24). The maximum atomic E-state index is 12.2. The molecule has 0 unspecified atom stereocenters. The summed E-state index contributed by atoms with van der Waals surface area (Å²) in [6.07, 6.45) is 2.41. The van der Waals surface area contributed by atoms with Crippen molar-refractivity contribution in [3.8, 4) is 0 Å². The fourth-order valence-corrected chi connectivity index (χ4v) is 4.23. The normalized spacial score (nSPS) is 15.0. The quantitative estimate of drug-likeness (QED) is 0.643. The summed E-state index contributed by atoms with van der Waals surface area (Å²) >= 11 is 0. The number of hydrogen-bond acceptors (Lipinski definition) is 6. The molecule has 0 saturated carbocycles. The number of sulfonamides is 1. The Labute approximate surface area is 157 Å². The van der Waals surface area contributed by atoms with E-state index >= 15 is 0 Å². The van der Waals surface area contributed by atoms with E-state index in [1.54, 1.807) is 12.3 Å². The van der Waals surface area contributed by atoms with Gasteiger partial charge in [0.1, 0.15) is 5.82 Å². The number of hydrogen-bond donors (Lipinski definition) is 3. The van der Waals surface area contributed by atoms with Gasteiger partial charge in [-0.15, -0.1) is 0 Å². The Morgan fingerprint density at radius 3 is 2.67 bits per heavy atom. The minimum Gasteiger partial charge on any atom is -0.340 e. The number of anilines is 4. The molecule has 2 heterocycles. The van der Waals surface area contributed by atoms with Crippen molar-refractivity contribution >= 4 is 33.2 Å². The smallest absolute Gasteiger partial charge is 0.240 e. The summed E-state index contributed by atoms with van der Waals surface area (Å²) in [5.74, 6) is 1.08. The lowest BCUT2D eigenvalue weighted by Gasteiger charge is -2.18. The third kappa shape index (κ3) is 3.76. The number of para-hydroxylation sites is 1. The second-order valence-corrected chi connectivity index (χ2v) is 8.05. The van der Waals surface area contributed by atoms with Crippen LogP contribution in [0.2, 0.25) is 0 Å². The van der Waals surface area contributed by atoms with Gasteiger partial charge in [0.15, 0.2) is 0 Å². The monoisotopic (exact) mass is 381 g/mol. The van der Waals surface area contributed by atoms with Crippen LogP contribution in [0.1, 0.15) is 11.1 Å². The van der Waals surface area contributed by atoms with E-state index in [4.69, 9.17) is 0 Å². The third-order valence-corrected chi connectivity index (χ3v) is 5.85. The molecule has 7 nitrogen and oxygen atoms in total. The van der Waals surface area contributed by atoms with Gasteiger partial charge in [0.05, 0.1) is 4.90 Å². The second kappa shape index (κ2) is 6.98. The number of aromatic nitrogens is 2. The summed E-state index contributed by atoms with van der Waals surface area (Å²) in [6.45, 7) is 2.33. The summed E-state index contributed by atoms with van der Waals surface area (Å²) in [6, 6.07) is 15.0. The Morgan fingerprint density at radius 1 is 1.04 bits per heavy atom. The summed E-state index contributed by atoms with van der Waals surface area (Å²) in [5.41, 5.74) is 3.23. The number of benzene rings is 2. The molecule has 1 aliphatic rings. The molecule has 0 aliphatic carbocycles. The Balaban J connectivity index is 1.62. The van der Waals surface area contributed by atoms with Crippen LogP contribution in [0.5, 0.6) is 0 Å². The van der Waals surface area contributed by atoms with E-state index in [9.17, 15) is 8.42 Å². The number of nitrogens with zero attached hydrogens (tertiary/aromatic N) is 2. The first-order valence-corrected chi connectivity index (χ1v) is 10.0. The molecule has 0 saturated heterocycles. The van der Waals surface area contributed by atoms with Crippen molar-refractivity contribution in [1.82, 2.24) is 14.7 Å². The van der Waals surface area contributed by atoms with Crippen LogP contribution < -0.4 is 15.4 Å². The van der Waals surface area contributed by atoms with Gasteiger partial charge in [0.25, 0.3) is 0 Å². The molecule has 27 heavy (non-hydrogen) atoms. The lowest BCUT2D eigenvalue weighted by Crippen LogP contribution is -2.31. The molecule has 0 atom stereocenters.